The lowest BCUT2D eigenvalue weighted by Crippen LogP contribution is -2.05. The molecule has 1 aliphatic carbocycles. The van der Waals surface area contributed by atoms with Crippen molar-refractivity contribution in [3.8, 4) is 0 Å². The zero-order valence-corrected chi connectivity index (χ0v) is 6.81. The van der Waals surface area contributed by atoms with E-state index in [1.165, 1.54) is 12.8 Å². The summed E-state index contributed by atoms with van der Waals surface area (Å²) in [5, 5.41) is 7.39. The molecule has 2 N–H and O–H groups in total. The van der Waals surface area contributed by atoms with Gasteiger partial charge in [-0.15, -0.1) is 5.10 Å². The van der Waals surface area contributed by atoms with Gasteiger partial charge in [0.05, 0.1) is 12.8 Å². The number of nitrogen functional groups attached to an aromatic ring is 1. The van der Waals surface area contributed by atoms with Gasteiger partial charge in [-0.3, -0.25) is 0 Å². The van der Waals surface area contributed by atoms with Crippen molar-refractivity contribution >= 4 is 5.82 Å². The molecule has 12 heavy (non-hydrogen) atoms. The molecule has 1 aliphatic rings. The van der Waals surface area contributed by atoms with Gasteiger partial charge in [0.15, 0.2) is 5.82 Å². The maximum absolute atomic E-state index is 5.37. The molecule has 0 aromatic carbocycles. The average molecular weight is 168 g/mol. The summed E-state index contributed by atoms with van der Waals surface area (Å²) in [5.41, 5.74) is 5.37. The van der Waals surface area contributed by atoms with Gasteiger partial charge < -0.3 is 10.5 Å². The Hall–Kier alpha value is -1.10. The standard InChI is InChI=1S/C7H12N4O/c8-7-3-11(10-9-7)5-12-4-6-1-2-6/h3,6H,1-2,4-5,8H2. The van der Waals surface area contributed by atoms with E-state index in [1.54, 1.807) is 10.9 Å². The smallest absolute Gasteiger partial charge is 0.166 e. The second kappa shape index (κ2) is 3.10. The summed E-state index contributed by atoms with van der Waals surface area (Å²) in [6, 6.07) is 0. The fourth-order valence-electron chi connectivity index (χ4n) is 0.974. The Bertz CT molecular complexity index is 256. The number of aromatic nitrogens is 3. The molecule has 0 spiro atoms. The van der Waals surface area contributed by atoms with Crippen molar-refractivity contribution in [1.29, 1.82) is 0 Å². The molecule has 66 valence electrons. The van der Waals surface area contributed by atoms with Crippen LogP contribution in [0.4, 0.5) is 5.82 Å². The normalized spacial score (nSPS) is 16.7. The zero-order chi connectivity index (χ0) is 8.39. The van der Waals surface area contributed by atoms with E-state index in [4.69, 9.17) is 10.5 Å². The van der Waals surface area contributed by atoms with Gasteiger partial charge in [0.2, 0.25) is 0 Å². The van der Waals surface area contributed by atoms with Crippen LogP contribution in [0.3, 0.4) is 0 Å². The highest BCUT2D eigenvalue weighted by molar-refractivity contribution is 5.19. The van der Waals surface area contributed by atoms with E-state index >= 15 is 0 Å². The van der Waals surface area contributed by atoms with Crippen LogP contribution in [0.5, 0.6) is 0 Å². The Labute approximate surface area is 70.5 Å². The van der Waals surface area contributed by atoms with Gasteiger partial charge in [-0.05, 0) is 18.8 Å². The van der Waals surface area contributed by atoms with E-state index < -0.39 is 0 Å². The fourth-order valence-corrected chi connectivity index (χ4v) is 0.974. The van der Waals surface area contributed by atoms with Gasteiger partial charge in [-0.2, -0.15) is 0 Å². The summed E-state index contributed by atoms with van der Waals surface area (Å²) < 4.78 is 6.96. The van der Waals surface area contributed by atoms with Crippen LogP contribution in [0.1, 0.15) is 12.8 Å². The SMILES string of the molecule is Nc1cn(COCC2CC2)nn1. The average Bonchev–Trinajstić information content (AvgIpc) is 2.76. The predicted octanol–water partition coefficient (Wildman–Crippen LogP) is 0.244. The van der Waals surface area contributed by atoms with Crippen LogP contribution in [-0.4, -0.2) is 21.6 Å². The third-order valence-electron chi connectivity index (χ3n) is 1.83. The first-order valence-electron chi connectivity index (χ1n) is 4.08. The largest absolute Gasteiger partial charge is 0.381 e. The number of nitrogens with zero attached hydrogens (tertiary/aromatic N) is 3. The first-order valence-corrected chi connectivity index (χ1v) is 4.08. The lowest BCUT2D eigenvalue weighted by atomic mass is 10.5. The molecule has 1 saturated carbocycles. The summed E-state index contributed by atoms with van der Waals surface area (Å²) in [7, 11) is 0. The molecule has 0 bridgehead atoms. The molecule has 5 heteroatoms. The third-order valence-corrected chi connectivity index (χ3v) is 1.83. The van der Waals surface area contributed by atoms with Gasteiger partial charge in [-0.1, -0.05) is 5.21 Å². The van der Waals surface area contributed by atoms with Crippen molar-refractivity contribution in [2.45, 2.75) is 19.6 Å². The Morgan fingerprint density at radius 2 is 2.50 bits per heavy atom. The summed E-state index contributed by atoms with van der Waals surface area (Å²) in [5.74, 6) is 1.22. The second-order valence-corrected chi connectivity index (χ2v) is 3.13. The highest BCUT2D eigenvalue weighted by Crippen LogP contribution is 2.28. The Kier molecular flexibility index (Phi) is 1.95. The van der Waals surface area contributed by atoms with Crippen molar-refractivity contribution < 1.29 is 4.74 Å². The number of hydrogen-bond donors (Lipinski definition) is 1. The van der Waals surface area contributed by atoms with Gasteiger partial charge in [0.1, 0.15) is 6.73 Å². The third kappa shape index (κ3) is 1.94. The van der Waals surface area contributed by atoms with Crippen LogP contribution in [0.2, 0.25) is 0 Å². The molecule has 0 atom stereocenters. The molecule has 2 rings (SSSR count). The molecule has 1 fully saturated rings. The van der Waals surface area contributed by atoms with E-state index in [-0.39, 0.29) is 0 Å². The predicted molar refractivity (Wildman–Crippen MR) is 43.1 cm³/mol. The molecule has 1 aromatic rings. The van der Waals surface area contributed by atoms with E-state index in [1.807, 2.05) is 0 Å². The van der Waals surface area contributed by atoms with Crippen molar-refractivity contribution in [2.24, 2.45) is 5.92 Å². The maximum Gasteiger partial charge on any atom is 0.166 e. The topological polar surface area (TPSA) is 66.0 Å². The van der Waals surface area contributed by atoms with Gasteiger partial charge >= 0.3 is 0 Å². The van der Waals surface area contributed by atoms with Crippen LogP contribution in [0.25, 0.3) is 0 Å². The quantitative estimate of drug-likeness (QED) is 0.699. The highest BCUT2D eigenvalue weighted by Gasteiger charge is 2.21. The van der Waals surface area contributed by atoms with Crippen LogP contribution in [0, 0.1) is 5.92 Å². The van der Waals surface area contributed by atoms with Crippen LogP contribution >= 0.6 is 0 Å². The number of nitrogens with two attached hydrogens (primary N) is 1. The first kappa shape index (κ1) is 7.54. The van der Waals surface area contributed by atoms with E-state index in [2.05, 4.69) is 10.3 Å². The highest BCUT2D eigenvalue weighted by atomic mass is 16.5. The monoisotopic (exact) mass is 168 g/mol. The molecule has 0 aliphatic heterocycles. The van der Waals surface area contributed by atoms with Crippen molar-refractivity contribution in [3.05, 3.63) is 6.20 Å². The molecule has 0 unspecified atom stereocenters. The molecule has 1 heterocycles. The van der Waals surface area contributed by atoms with Crippen molar-refractivity contribution in [2.75, 3.05) is 12.3 Å². The number of hydrogen-bond acceptors (Lipinski definition) is 4. The van der Waals surface area contributed by atoms with Crippen molar-refractivity contribution in [1.82, 2.24) is 15.0 Å². The number of rotatable bonds is 4. The Balaban J connectivity index is 1.71. The lowest BCUT2D eigenvalue weighted by molar-refractivity contribution is 0.0600. The Morgan fingerprint density at radius 1 is 1.67 bits per heavy atom. The number of ether oxygens (including phenoxy) is 1. The second-order valence-electron chi connectivity index (χ2n) is 3.13. The van der Waals surface area contributed by atoms with Gasteiger partial charge in [-0.25, -0.2) is 4.68 Å². The summed E-state index contributed by atoms with van der Waals surface area (Å²) in [6.45, 7) is 1.29. The maximum atomic E-state index is 5.37. The minimum Gasteiger partial charge on any atom is -0.381 e. The minimum absolute atomic E-state index is 0.435. The van der Waals surface area contributed by atoms with Gasteiger partial charge in [0.25, 0.3) is 0 Å². The first-order chi connectivity index (χ1) is 5.84. The molecule has 0 amide bonds. The van der Waals surface area contributed by atoms with E-state index in [0.717, 1.165) is 12.5 Å². The molecular formula is C7H12N4O. The summed E-state index contributed by atoms with van der Waals surface area (Å²) in [4.78, 5) is 0. The molecule has 5 nitrogen and oxygen atoms in total. The summed E-state index contributed by atoms with van der Waals surface area (Å²) in [6.07, 6.45) is 4.27. The number of anilines is 1. The van der Waals surface area contributed by atoms with E-state index in [0.29, 0.717) is 12.5 Å². The molecule has 0 radical (unpaired) electrons. The van der Waals surface area contributed by atoms with Crippen LogP contribution < -0.4 is 5.73 Å². The summed E-state index contributed by atoms with van der Waals surface area (Å²) >= 11 is 0. The van der Waals surface area contributed by atoms with E-state index in [9.17, 15) is 0 Å². The molecule has 0 saturated heterocycles. The Morgan fingerprint density at radius 3 is 3.08 bits per heavy atom. The van der Waals surface area contributed by atoms with Crippen LogP contribution in [0.15, 0.2) is 6.20 Å². The molecular weight excluding hydrogens is 156 g/mol. The van der Waals surface area contributed by atoms with Gasteiger partial charge in [0, 0.05) is 0 Å². The molecule has 1 aromatic heterocycles. The zero-order valence-electron chi connectivity index (χ0n) is 6.81. The minimum atomic E-state index is 0.435. The van der Waals surface area contributed by atoms with Crippen molar-refractivity contribution in [3.63, 3.8) is 0 Å². The van der Waals surface area contributed by atoms with Crippen LogP contribution in [-0.2, 0) is 11.5 Å². The lowest BCUT2D eigenvalue weighted by Gasteiger charge is -2.00. The fraction of sp³-hybridized carbons (Fsp3) is 0.714.